The van der Waals surface area contributed by atoms with Crippen molar-refractivity contribution in [3.8, 4) is 0 Å². The maximum absolute atomic E-state index is 13.1. The fourth-order valence-electron chi connectivity index (χ4n) is 3.63. The van der Waals surface area contributed by atoms with Gasteiger partial charge in [-0.15, -0.1) is 0 Å². The maximum Gasteiger partial charge on any atom is 0.340 e. The average Bonchev–Trinajstić information content (AvgIpc) is 3.10. The first-order valence-corrected chi connectivity index (χ1v) is 9.45. The first kappa shape index (κ1) is 17.7. The minimum atomic E-state index is -0.472. The molecule has 2 aromatic heterocycles. The molecule has 0 saturated carbocycles. The van der Waals surface area contributed by atoms with Crippen molar-refractivity contribution >= 4 is 33.3 Å². The van der Waals surface area contributed by atoms with E-state index in [9.17, 15) is 9.59 Å². The van der Waals surface area contributed by atoms with Crippen LogP contribution in [0.1, 0.15) is 44.9 Å². The van der Waals surface area contributed by atoms with Crippen molar-refractivity contribution in [3.63, 3.8) is 0 Å². The summed E-state index contributed by atoms with van der Waals surface area (Å²) in [6, 6.07) is 11.5. The lowest BCUT2D eigenvalue weighted by atomic mass is 9.93. The number of hydrogen-bond donors (Lipinski definition) is 0. The van der Waals surface area contributed by atoms with Crippen LogP contribution in [0.15, 0.2) is 47.1 Å². The second-order valence-electron chi connectivity index (χ2n) is 6.55. The van der Waals surface area contributed by atoms with E-state index in [1.54, 1.807) is 18.3 Å². The molecule has 0 aliphatic carbocycles. The summed E-state index contributed by atoms with van der Waals surface area (Å²) in [5, 5.41) is 4.40. The van der Waals surface area contributed by atoms with Gasteiger partial charge in [-0.05, 0) is 52.5 Å². The highest BCUT2D eigenvalue weighted by Crippen LogP contribution is 2.30. The summed E-state index contributed by atoms with van der Waals surface area (Å²) < 4.78 is 7.06. The van der Waals surface area contributed by atoms with Crippen LogP contribution in [0.25, 0.3) is 5.52 Å². The van der Waals surface area contributed by atoms with E-state index in [0.717, 1.165) is 6.42 Å². The third kappa shape index (κ3) is 3.02. The molecule has 3 heterocycles. The molecule has 3 aromatic rings. The molecule has 0 fully saturated rings. The molecule has 7 heteroatoms. The van der Waals surface area contributed by atoms with Crippen LogP contribution in [0.4, 0.5) is 0 Å². The number of carbonyl (C=O) groups is 2. The van der Waals surface area contributed by atoms with Gasteiger partial charge in [-0.3, -0.25) is 4.79 Å². The number of halogens is 1. The number of amides is 1. The van der Waals surface area contributed by atoms with Gasteiger partial charge in [0.2, 0.25) is 0 Å². The van der Waals surface area contributed by atoms with Crippen LogP contribution >= 0.6 is 15.9 Å². The lowest BCUT2D eigenvalue weighted by molar-refractivity contribution is 0.0601. The zero-order chi connectivity index (χ0) is 19.1. The molecule has 1 aromatic carbocycles. The SMILES string of the molecule is COC(=O)c1cc(Br)cn2nc(C(=O)N3CCc4ccccc4[C@H]3C)cc12. The predicted molar refractivity (Wildman–Crippen MR) is 104 cm³/mol. The van der Waals surface area contributed by atoms with Crippen molar-refractivity contribution < 1.29 is 14.3 Å². The van der Waals surface area contributed by atoms with Crippen molar-refractivity contribution in [2.75, 3.05) is 13.7 Å². The van der Waals surface area contributed by atoms with Gasteiger partial charge in [-0.1, -0.05) is 24.3 Å². The molecule has 6 nitrogen and oxygen atoms in total. The number of aromatic nitrogens is 2. The van der Waals surface area contributed by atoms with Gasteiger partial charge >= 0.3 is 5.97 Å². The van der Waals surface area contributed by atoms with Gasteiger partial charge in [0.15, 0.2) is 5.69 Å². The highest BCUT2D eigenvalue weighted by molar-refractivity contribution is 9.10. The van der Waals surface area contributed by atoms with Crippen molar-refractivity contribution in [3.05, 3.63) is 69.5 Å². The normalized spacial score (nSPS) is 16.3. The number of rotatable bonds is 2. The number of nitrogens with zero attached hydrogens (tertiary/aromatic N) is 3. The molecule has 0 unspecified atom stereocenters. The molecular formula is C20H18BrN3O3. The van der Waals surface area contributed by atoms with E-state index in [1.165, 1.54) is 22.8 Å². The Kier molecular flexibility index (Phi) is 4.47. The topological polar surface area (TPSA) is 63.9 Å². The van der Waals surface area contributed by atoms with Crippen molar-refractivity contribution in [2.45, 2.75) is 19.4 Å². The highest BCUT2D eigenvalue weighted by atomic mass is 79.9. The fraction of sp³-hybridized carbons (Fsp3) is 0.250. The second kappa shape index (κ2) is 6.81. The molecule has 0 radical (unpaired) electrons. The number of esters is 1. The Labute approximate surface area is 164 Å². The Morgan fingerprint density at radius 2 is 2.04 bits per heavy atom. The summed E-state index contributed by atoms with van der Waals surface area (Å²) in [6.45, 7) is 2.67. The van der Waals surface area contributed by atoms with E-state index in [-0.39, 0.29) is 11.9 Å². The number of ether oxygens (including phenoxy) is 1. The van der Waals surface area contributed by atoms with Gasteiger partial charge in [0, 0.05) is 17.2 Å². The molecule has 0 spiro atoms. The summed E-state index contributed by atoms with van der Waals surface area (Å²) in [6.07, 6.45) is 2.53. The molecule has 1 aliphatic heterocycles. The van der Waals surface area contributed by atoms with Gasteiger partial charge in [0.1, 0.15) is 0 Å². The molecule has 0 bridgehead atoms. The molecule has 1 amide bonds. The minimum Gasteiger partial charge on any atom is -0.465 e. The summed E-state index contributed by atoms with van der Waals surface area (Å²) in [7, 11) is 1.33. The summed E-state index contributed by atoms with van der Waals surface area (Å²) in [4.78, 5) is 27.0. The van der Waals surface area contributed by atoms with Gasteiger partial charge in [0.05, 0.1) is 24.2 Å². The van der Waals surface area contributed by atoms with E-state index in [0.29, 0.717) is 27.8 Å². The molecule has 1 aliphatic rings. The number of hydrogen-bond acceptors (Lipinski definition) is 4. The molecule has 0 N–H and O–H groups in total. The Hall–Kier alpha value is -2.67. The van der Waals surface area contributed by atoms with Crippen LogP contribution < -0.4 is 0 Å². The first-order valence-electron chi connectivity index (χ1n) is 8.65. The maximum atomic E-state index is 13.1. The summed E-state index contributed by atoms with van der Waals surface area (Å²) in [5.74, 6) is -0.617. The molecule has 4 rings (SSSR count). The molecular weight excluding hydrogens is 410 g/mol. The van der Waals surface area contributed by atoms with Gasteiger partial charge in [-0.2, -0.15) is 5.10 Å². The third-order valence-electron chi connectivity index (χ3n) is 5.02. The largest absolute Gasteiger partial charge is 0.465 e. The average molecular weight is 428 g/mol. The molecule has 27 heavy (non-hydrogen) atoms. The Balaban J connectivity index is 1.73. The van der Waals surface area contributed by atoms with Crippen LogP contribution in [0.2, 0.25) is 0 Å². The Bertz CT molecular complexity index is 1060. The summed E-state index contributed by atoms with van der Waals surface area (Å²) in [5.41, 5.74) is 3.65. The van der Waals surface area contributed by atoms with Crippen LogP contribution in [-0.2, 0) is 11.2 Å². The second-order valence-corrected chi connectivity index (χ2v) is 7.46. The first-order chi connectivity index (χ1) is 13.0. The van der Waals surface area contributed by atoms with Crippen molar-refractivity contribution in [2.24, 2.45) is 0 Å². The standard InChI is InChI=1S/C20H18BrN3O3/c1-12-15-6-4-3-5-13(15)7-8-23(12)19(25)17-10-18-16(20(26)27-2)9-14(21)11-24(18)22-17/h3-6,9-12H,7-8H2,1-2H3/t12-/m1/s1. The van der Waals surface area contributed by atoms with E-state index < -0.39 is 5.97 Å². The number of benzene rings is 1. The van der Waals surface area contributed by atoms with Crippen LogP contribution in [0.3, 0.4) is 0 Å². The lowest BCUT2D eigenvalue weighted by Gasteiger charge is -2.34. The van der Waals surface area contributed by atoms with E-state index in [2.05, 4.69) is 33.2 Å². The number of methoxy groups -OCH3 is 1. The minimum absolute atomic E-state index is 0.0286. The van der Waals surface area contributed by atoms with Gasteiger partial charge < -0.3 is 9.64 Å². The highest BCUT2D eigenvalue weighted by Gasteiger charge is 2.30. The Morgan fingerprint density at radius 3 is 2.81 bits per heavy atom. The Morgan fingerprint density at radius 1 is 1.26 bits per heavy atom. The fourth-order valence-corrected chi connectivity index (χ4v) is 4.06. The number of pyridine rings is 1. The number of carbonyl (C=O) groups excluding carboxylic acids is 2. The van der Waals surface area contributed by atoms with E-state index in [4.69, 9.17) is 4.74 Å². The van der Waals surface area contributed by atoms with E-state index >= 15 is 0 Å². The molecule has 1 atom stereocenters. The quantitative estimate of drug-likeness (QED) is 0.585. The van der Waals surface area contributed by atoms with E-state index in [1.807, 2.05) is 24.0 Å². The smallest absolute Gasteiger partial charge is 0.340 e. The van der Waals surface area contributed by atoms with Crippen LogP contribution in [0, 0.1) is 0 Å². The van der Waals surface area contributed by atoms with Crippen molar-refractivity contribution in [1.82, 2.24) is 14.5 Å². The molecule has 138 valence electrons. The number of fused-ring (bicyclic) bond motifs is 2. The third-order valence-corrected chi connectivity index (χ3v) is 5.45. The van der Waals surface area contributed by atoms with Crippen LogP contribution in [-0.4, -0.2) is 40.0 Å². The lowest BCUT2D eigenvalue weighted by Crippen LogP contribution is -2.39. The zero-order valence-corrected chi connectivity index (χ0v) is 16.6. The van der Waals surface area contributed by atoms with Gasteiger partial charge in [-0.25, -0.2) is 9.31 Å². The predicted octanol–water partition coefficient (Wildman–Crippen LogP) is 3.64. The monoisotopic (exact) mass is 427 g/mol. The summed E-state index contributed by atoms with van der Waals surface area (Å²) >= 11 is 3.37. The van der Waals surface area contributed by atoms with Crippen LogP contribution in [0.5, 0.6) is 0 Å². The van der Waals surface area contributed by atoms with Crippen molar-refractivity contribution in [1.29, 1.82) is 0 Å². The zero-order valence-electron chi connectivity index (χ0n) is 15.0. The van der Waals surface area contributed by atoms with Gasteiger partial charge in [0.25, 0.3) is 5.91 Å². The molecule has 0 saturated heterocycles.